The van der Waals surface area contributed by atoms with E-state index >= 15 is 0 Å². The third-order valence-electron chi connectivity index (χ3n) is 2.19. The normalized spacial score (nSPS) is 21.9. The van der Waals surface area contributed by atoms with E-state index in [0.29, 0.717) is 0 Å². The summed E-state index contributed by atoms with van der Waals surface area (Å²) in [5, 5.41) is 3.16. The first-order valence-electron chi connectivity index (χ1n) is 4.53. The van der Waals surface area contributed by atoms with Gasteiger partial charge in [0.2, 0.25) is 0 Å². The van der Waals surface area contributed by atoms with Gasteiger partial charge >= 0.3 is 0 Å². The van der Waals surface area contributed by atoms with Crippen LogP contribution in [-0.4, -0.2) is 24.1 Å². The Balaban J connectivity index is 2.30. The van der Waals surface area contributed by atoms with E-state index in [-0.39, 0.29) is 11.9 Å². The second-order valence-electron chi connectivity index (χ2n) is 3.38. The van der Waals surface area contributed by atoms with Crippen LogP contribution in [0.3, 0.4) is 0 Å². The first-order valence-corrected chi connectivity index (χ1v) is 4.53. The lowest BCUT2D eigenvalue weighted by Crippen LogP contribution is -2.37. The van der Waals surface area contributed by atoms with Gasteiger partial charge in [0.25, 0.3) is 0 Å². The van der Waals surface area contributed by atoms with Gasteiger partial charge in [0.15, 0.2) is 0 Å². The van der Waals surface area contributed by atoms with Crippen LogP contribution in [0, 0.1) is 5.82 Å². The molecule has 0 bridgehead atoms. The van der Waals surface area contributed by atoms with Crippen molar-refractivity contribution in [2.24, 2.45) is 5.73 Å². The largest absolute Gasteiger partial charge is 0.323 e. The number of rotatable bonds is 1. The van der Waals surface area contributed by atoms with Gasteiger partial charge in [-0.25, -0.2) is 4.39 Å². The summed E-state index contributed by atoms with van der Waals surface area (Å²) >= 11 is 0. The molecule has 1 aromatic heterocycles. The molecule has 1 aliphatic rings. The molecule has 0 aliphatic carbocycles. The predicted molar refractivity (Wildman–Crippen MR) is 53.0 cm³/mol. The van der Waals surface area contributed by atoms with Gasteiger partial charge in [0.1, 0.15) is 5.82 Å². The minimum Gasteiger partial charge on any atom is -0.323 e. The van der Waals surface area contributed by atoms with Crippen molar-refractivity contribution in [2.45, 2.75) is 6.04 Å². The van der Waals surface area contributed by atoms with Gasteiger partial charge in [-0.05, 0) is 17.2 Å². The van der Waals surface area contributed by atoms with E-state index in [1.165, 1.54) is 12.3 Å². The maximum Gasteiger partial charge on any atom is 0.142 e. The molecule has 1 unspecified atom stereocenters. The SMILES string of the molecule is NC1C=C(c2cncc(F)c2)CNC1. The average molecular weight is 193 g/mol. The highest BCUT2D eigenvalue weighted by Gasteiger charge is 2.11. The van der Waals surface area contributed by atoms with Crippen LogP contribution in [0.15, 0.2) is 24.5 Å². The summed E-state index contributed by atoms with van der Waals surface area (Å²) in [5.41, 5.74) is 7.56. The van der Waals surface area contributed by atoms with Gasteiger partial charge in [-0.1, -0.05) is 6.08 Å². The average Bonchev–Trinajstić information content (AvgIpc) is 2.18. The van der Waals surface area contributed by atoms with Crippen molar-refractivity contribution in [2.75, 3.05) is 13.1 Å². The van der Waals surface area contributed by atoms with E-state index < -0.39 is 0 Å². The van der Waals surface area contributed by atoms with Gasteiger partial charge in [-0.2, -0.15) is 0 Å². The Bertz CT molecular complexity index is 362. The van der Waals surface area contributed by atoms with Gasteiger partial charge in [-0.3, -0.25) is 4.98 Å². The molecule has 1 atom stereocenters. The number of nitrogens with two attached hydrogens (primary N) is 1. The van der Waals surface area contributed by atoms with Crippen molar-refractivity contribution in [3.63, 3.8) is 0 Å². The third kappa shape index (κ3) is 1.97. The minimum atomic E-state index is -0.317. The van der Waals surface area contributed by atoms with Crippen molar-refractivity contribution in [3.8, 4) is 0 Å². The second kappa shape index (κ2) is 3.86. The number of halogens is 1. The highest BCUT2D eigenvalue weighted by atomic mass is 19.1. The quantitative estimate of drug-likeness (QED) is 0.684. The lowest BCUT2D eigenvalue weighted by atomic mass is 10.0. The summed E-state index contributed by atoms with van der Waals surface area (Å²) in [4.78, 5) is 3.80. The molecule has 3 nitrogen and oxygen atoms in total. The highest BCUT2D eigenvalue weighted by molar-refractivity contribution is 5.67. The third-order valence-corrected chi connectivity index (χ3v) is 2.19. The molecule has 3 N–H and O–H groups in total. The molecule has 4 heteroatoms. The summed E-state index contributed by atoms with van der Waals surface area (Å²) in [6, 6.07) is 1.47. The van der Waals surface area contributed by atoms with Crippen molar-refractivity contribution < 1.29 is 4.39 Å². The molecule has 0 saturated heterocycles. The molecule has 0 amide bonds. The molecule has 2 rings (SSSR count). The minimum absolute atomic E-state index is 0.00187. The van der Waals surface area contributed by atoms with Crippen LogP contribution in [0.2, 0.25) is 0 Å². The number of hydrogen-bond donors (Lipinski definition) is 2. The van der Waals surface area contributed by atoms with E-state index in [0.717, 1.165) is 24.2 Å². The number of nitrogens with zero attached hydrogens (tertiary/aromatic N) is 1. The number of nitrogens with one attached hydrogen (secondary N) is 1. The summed E-state index contributed by atoms with van der Waals surface area (Å²) < 4.78 is 12.9. The standard InChI is InChI=1S/C10H12FN3/c11-9-1-7(3-13-5-9)8-2-10(12)6-14-4-8/h1-3,5,10,14H,4,6,12H2. The Morgan fingerprint density at radius 2 is 2.36 bits per heavy atom. The fourth-order valence-electron chi connectivity index (χ4n) is 1.54. The molecule has 0 spiro atoms. The molecule has 1 aliphatic heterocycles. The Morgan fingerprint density at radius 3 is 3.07 bits per heavy atom. The summed E-state index contributed by atoms with van der Waals surface area (Å²) in [6.07, 6.45) is 4.79. The summed E-state index contributed by atoms with van der Waals surface area (Å²) in [7, 11) is 0. The van der Waals surface area contributed by atoms with Crippen LogP contribution in [0.1, 0.15) is 5.56 Å². The molecule has 74 valence electrons. The summed E-state index contributed by atoms with van der Waals surface area (Å²) in [6.45, 7) is 1.49. The fraction of sp³-hybridized carbons (Fsp3) is 0.300. The van der Waals surface area contributed by atoms with Crippen molar-refractivity contribution in [1.82, 2.24) is 10.3 Å². The van der Waals surface area contributed by atoms with Crippen molar-refractivity contribution in [3.05, 3.63) is 35.9 Å². The van der Waals surface area contributed by atoms with Crippen LogP contribution < -0.4 is 11.1 Å². The van der Waals surface area contributed by atoms with E-state index in [1.807, 2.05) is 6.08 Å². The Hall–Kier alpha value is -1.26. The first-order chi connectivity index (χ1) is 6.75. The zero-order valence-corrected chi connectivity index (χ0v) is 7.70. The molecule has 1 aromatic rings. The lowest BCUT2D eigenvalue weighted by molar-refractivity contribution is 0.619. The Morgan fingerprint density at radius 1 is 1.50 bits per heavy atom. The Labute approximate surface area is 81.8 Å². The maximum atomic E-state index is 12.9. The van der Waals surface area contributed by atoms with Crippen LogP contribution in [0.25, 0.3) is 5.57 Å². The zero-order chi connectivity index (χ0) is 9.97. The molecule has 2 heterocycles. The summed E-state index contributed by atoms with van der Waals surface area (Å²) in [5.74, 6) is -0.317. The highest BCUT2D eigenvalue weighted by Crippen LogP contribution is 2.15. The number of aromatic nitrogens is 1. The molecule has 0 saturated carbocycles. The van der Waals surface area contributed by atoms with Gasteiger partial charge in [-0.15, -0.1) is 0 Å². The molecule has 0 radical (unpaired) electrons. The fourth-order valence-corrected chi connectivity index (χ4v) is 1.54. The van der Waals surface area contributed by atoms with Crippen LogP contribution in [0.4, 0.5) is 4.39 Å². The van der Waals surface area contributed by atoms with Gasteiger partial charge in [0.05, 0.1) is 6.20 Å². The molecule has 0 aromatic carbocycles. The maximum absolute atomic E-state index is 12.9. The molecular formula is C10H12FN3. The Kier molecular flexibility index (Phi) is 2.56. The molecule has 0 fully saturated rings. The smallest absolute Gasteiger partial charge is 0.142 e. The van der Waals surface area contributed by atoms with Crippen molar-refractivity contribution >= 4 is 5.57 Å². The van der Waals surface area contributed by atoms with E-state index in [9.17, 15) is 4.39 Å². The van der Waals surface area contributed by atoms with Crippen LogP contribution in [0.5, 0.6) is 0 Å². The number of pyridine rings is 1. The predicted octanol–water partition coefficient (Wildman–Crippen LogP) is 0.535. The molecular weight excluding hydrogens is 181 g/mol. The van der Waals surface area contributed by atoms with Crippen molar-refractivity contribution in [1.29, 1.82) is 0 Å². The first kappa shape index (κ1) is 9.30. The van der Waals surface area contributed by atoms with Gasteiger partial charge in [0, 0.05) is 25.3 Å². The van der Waals surface area contributed by atoms with E-state index in [2.05, 4.69) is 10.3 Å². The van der Waals surface area contributed by atoms with Gasteiger partial charge < -0.3 is 11.1 Å². The van der Waals surface area contributed by atoms with E-state index in [1.54, 1.807) is 6.20 Å². The molecule has 14 heavy (non-hydrogen) atoms. The second-order valence-corrected chi connectivity index (χ2v) is 3.38. The van der Waals surface area contributed by atoms with E-state index in [4.69, 9.17) is 5.73 Å². The lowest BCUT2D eigenvalue weighted by Gasteiger charge is -2.19. The van der Waals surface area contributed by atoms with Crippen LogP contribution >= 0.6 is 0 Å². The van der Waals surface area contributed by atoms with Crippen LogP contribution in [-0.2, 0) is 0 Å². The topological polar surface area (TPSA) is 50.9 Å². The number of hydrogen-bond acceptors (Lipinski definition) is 3. The zero-order valence-electron chi connectivity index (χ0n) is 7.70. The monoisotopic (exact) mass is 193 g/mol.